The summed E-state index contributed by atoms with van der Waals surface area (Å²) in [5.74, 6) is 0.830. The monoisotopic (exact) mass is 389 g/mol. The van der Waals surface area contributed by atoms with Gasteiger partial charge in [0.25, 0.3) is 0 Å². The van der Waals surface area contributed by atoms with Crippen LogP contribution >= 0.6 is 24.0 Å². The Morgan fingerprint density at radius 3 is 2.65 bits per heavy atom. The third kappa shape index (κ3) is 5.66. The van der Waals surface area contributed by atoms with Gasteiger partial charge in [0.1, 0.15) is 0 Å². The molecule has 1 aromatic rings. The molecule has 1 unspecified atom stereocenters. The third-order valence-corrected chi connectivity index (χ3v) is 3.33. The summed E-state index contributed by atoms with van der Waals surface area (Å²) in [4.78, 5) is 4.22. The van der Waals surface area contributed by atoms with Gasteiger partial charge in [0.15, 0.2) is 5.96 Å². The lowest BCUT2D eigenvalue weighted by Gasteiger charge is -2.15. The maximum atomic E-state index is 5.58. The summed E-state index contributed by atoms with van der Waals surface area (Å²) in [6, 6.07) is 8.52. The van der Waals surface area contributed by atoms with Crippen LogP contribution in [0.5, 0.6) is 0 Å². The van der Waals surface area contributed by atoms with Gasteiger partial charge in [0.2, 0.25) is 0 Å². The molecular formula is C15H24IN3O. The highest BCUT2D eigenvalue weighted by molar-refractivity contribution is 14.0. The molecule has 112 valence electrons. The molecule has 1 aliphatic rings. The van der Waals surface area contributed by atoms with Crippen LogP contribution in [0.3, 0.4) is 0 Å². The average Bonchev–Trinajstić information content (AvgIpc) is 2.94. The van der Waals surface area contributed by atoms with E-state index in [1.54, 1.807) is 7.05 Å². The molecule has 5 heteroatoms. The van der Waals surface area contributed by atoms with Crippen molar-refractivity contribution in [1.82, 2.24) is 10.6 Å². The first-order chi connectivity index (χ1) is 9.28. The molecule has 1 heterocycles. The molecule has 1 aromatic carbocycles. The van der Waals surface area contributed by atoms with Crippen LogP contribution in [0, 0.1) is 6.92 Å². The van der Waals surface area contributed by atoms with E-state index in [2.05, 4.69) is 46.8 Å². The van der Waals surface area contributed by atoms with Gasteiger partial charge in [-0.3, -0.25) is 4.99 Å². The molecule has 1 saturated heterocycles. The fourth-order valence-electron chi connectivity index (χ4n) is 2.13. The lowest BCUT2D eigenvalue weighted by Crippen LogP contribution is -2.40. The zero-order chi connectivity index (χ0) is 13.5. The summed E-state index contributed by atoms with van der Waals surface area (Å²) in [6.07, 6.45) is 2.64. The van der Waals surface area contributed by atoms with E-state index in [-0.39, 0.29) is 24.0 Å². The molecule has 2 rings (SSSR count). The molecular weight excluding hydrogens is 365 g/mol. The van der Waals surface area contributed by atoms with E-state index in [0.29, 0.717) is 6.10 Å². The second-order valence-corrected chi connectivity index (χ2v) is 4.93. The molecule has 1 aliphatic heterocycles. The van der Waals surface area contributed by atoms with Crippen molar-refractivity contribution in [3.63, 3.8) is 0 Å². The number of rotatable bonds is 4. The predicted octanol–water partition coefficient (Wildman–Crippen LogP) is 2.46. The smallest absolute Gasteiger partial charge is 0.191 e. The molecule has 0 radical (unpaired) electrons. The molecule has 20 heavy (non-hydrogen) atoms. The van der Waals surface area contributed by atoms with E-state index >= 15 is 0 Å². The van der Waals surface area contributed by atoms with Crippen molar-refractivity contribution in [3.8, 4) is 0 Å². The van der Waals surface area contributed by atoms with E-state index in [9.17, 15) is 0 Å². The Hall–Kier alpha value is -0.820. The van der Waals surface area contributed by atoms with Crippen LogP contribution in [-0.2, 0) is 11.3 Å². The van der Waals surface area contributed by atoms with E-state index < -0.39 is 0 Å². The zero-order valence-electron chi connectivity index (χ0n) is 12.2. The van der Waals surface area contributed by atoms with Crippen molar-refractivity contribution in [2.75, 3.05) is 20.2 Å². The Kier molecular flexibility index (Phi) is 7.91. The highest BCUT2D eigenvalue weighted by atomic mass is 127. The molecule has 4 nitrogen and oxygen atoms in total. The Bertz CT molecular complexity index is 414. The van der Waals surface area contributed by atoms with Crippen molar-refractivity contribution in [1.29, 1.82) is 0 Å². The Labute approximate surface area is 138 Å². The third-order valence-electron chi connectivity index (χ3n) is 3.33. The summed E-state index contributed by atoms with van der Waals surface area (Å²) in [5, 5.41) is 6.62. The maximum Gasteiger partial charge on any atom is 0.191 e. The Morgan fingerprint density at radius 2 is 2.05 bits per heavy atom. The molecule has 0 bridgehead atoms. The van der Waals surface area contributed by atoms with Crippen LogP contribution < -0.4 is 10.6 Å². The second kappa shape index (κ2) is 9.18. The highest BCUT2D eigenvalue weighted by Gasteiger charge is 2.15. The van der Waals surface area contributed by atoms with E-state index in [1.807, 2.05) is 0 Å². The number of hydrogen-bond donors (Lipinski definition) is 2. The van der Waals surface area contributed by atoms with Crippen LogP contribution in [-0.4, -0.2) is 32.3 Å². The van der Waals surface area contributed by atoms with Crippen molar-refractivity contribution in [2.24, 2.45) is 4.99 Å². The number of nitrogens with one attached hydrogen (secondary N) is 2. The van der Waals surface area contributed by atoms with Gasteiger partial charge in [-0.1, -0.05) is 29.8 Å². The summed E-state index contributed by atoms with van der Waals surface area (Å²) in [7, 11) is 1.79. The second-order valence-electron chi connectivity index (χ2n) is 4.93. The first-order valence-corrected chi connectivity index (χ1v) is 6.89. The quantitative estimate of drug-likeness (QED) is 0.473. The van der Waals surface area contributed by atoms with Crippen LogP contribution in [0.15, 0.2) is 29.3 Å². The number of ether oxygens (including phenoxy) is 1. The summed E-state index contributed by atoms with van der Waals surface area (Å²) >= 11 is 0. The lowest BCUT2D eigenvalue weighted by molar-refractivity contribution is 0.114. The highest BCUT2D eigenvalue weighted by Crippen LogP contribution is 2.10. The van der Waals surface area contributed by atoms with Gasteiger partial charge >= 0.3 is 0 Å². The van der Waals surface area contributed by atoms with Crippen molar-refractivity contribution in [3.05, 3.63) is 35.4 Å². The normalized spacial score (nSPS) is 18.5. The summed E-state index contributed by atoms with van der Waals surface area (Å²) < 4.78 is 5.58. The molecule has 0 aromatic heterocycles. The summed E-state index contributed by atoms with van der Waals surface area (Å²) in [5.41, 5.74) is 2.54. The predicted molar refractivity (Wildman–Crippen MR) is 93.8 cm³/mol. The standard InChI is InChI=1S/C15H23N3O.HI/c1-12-5-7-13(8-6-12)10-17-15(16-2)18-11-14-4-3-9-19-14;/h5-8,14H,3-4,9-11H2,1-2H3,(H2,16,17,18);1H. The first-order valence-electron chi connectivity index (χ1n) is 6.89. The topological polar surface area (TPSA) is 45.7 Å². The maximum absolute atomic E-state index is 5.58. The van der Waals surface area contributed by atoms with E-state index in [1.165, 1.54) is 17.5 Å². The molecule has 0 saturated carbocycles. The molecule has 0 spiro atoms. The van der Waals surface area contributed by atoms with Crippen LogP contribution in [0.1, 0.15) is 24.0 Å². The molecule has 1 fully saturated rings. The average molecular weight is 389 g/mol. The minimum Gasteiger partial charge on any atom is -0.376 e. The van der Waals surface area contributed by atoms with E-state index in [0.717, 1.165) is 32.1 Å². The number of hydrogen-bond acceptors (Lipinski definition) is 2. The number of halogens is 1. The number of aryl methyl sites for hydroxylation is 1. The fourth-order valence-corrected chi connectivity index (χ4v) is 2.13. The molecule has 1 atom stereocenters. The number of guanidine groups is 1. The Morgan fingerprint density at radius 1 is 1.30 bits per heavy atom. The van der Waals surface area contributed by atoms with Crippen LogP contribution in [0.25, 0.3) is 0 Å². The molecule has 2 N–H and O–H groups in total. The summed E-state index contributed by atoms with van der Waals surface area (Å²) in [6.45, 7) is 4.60. The largest absolute Gasteiger partial charge is 0.376 e. The van der Waals surface area contributed by atoms with E-state index in [4.69, 9.17) is 4.74 Å². The van der Waals surface area contributed by atoms with Crippen LogP contribution in [0.2, 0.25) is 0 Å². The van der Waals surface area contributed by atoms with Gasteiger partial charge in [0, 0.05) is 26.7 Å². The van der Waals surface area contributed by atoms with Gasteiger partial charge in [-0.05, 0) is 25.3 Å². The lowest BCUT2D eigenvalue weighted by atomic mass is 10.1. The molecule has 0 aliphatic carbocycles. The van der Waals surface area contributed by atoms with Gasteiger partial charge in [-0.15, -0.1) is 24.0 Å². The minimum atomic E-state index is 0. The number of nitrogens with zero attached hydrogens (tertiary/aromatic N) is 1. The first kappa shape index (κ1) is 17.2. The minimum absolute atomic E-state index is 0. The SMILES string of the molecule is CN=C(NCc1ccc(C)cc1)NCC1CCCO1.I. The molecule has 0 amide bonds. The van der Waals surface area contributed by atoms with Gasteiger partial charge in [0.05, 0.1) is 6.10 Å². The fraction of sp³-hybridized carbons (Fsp3) is 0.533. The van der Waals surface area contributed by atoms with Gasteiger partial charge in [-0.2, -0.15) is 0 Å². The van der Waals surface area contributed by atoms with Crippen LogP contribution in [0.4, 0.5) is 0 Å². The van der Waals surface area contributed by atoms with Gasteiger partial charge in [-0.25, -0.2) is 0 Å². The number of benzene rings is 1. The van der Waals surface area contributed by atoms with Gasteiger partial charge < -0.3 is 15.4 Å². The van der Waals surface area contributed by atoms with Crippen molar-refractivity contribution < 1.29 is 4.74 Å². The van der Waals surface area contributed by atoms with Crippen molar-refractivity contribution >= 4 is 29.9 Å². The number of aliphatic imine (C=N–C) groups is 1. The van der Waals surface area contributed by atoms with Crippen molar-refractivity contribution in [2.45, 2.75) is 32.4 Å². The Balaban J connectivity index is 0.00000200. The zero-order valence-corrected chi connectivity index (χ0v) is 14.5.